The van der Waals surface area contributed by atoms with Gasteiger partial charge in [-0.1, -0.05) is 34.1 Å². The molecule has 2 aromatic rings. The van der Waals surface area contributed by atoms with Crippen LogP contribution in [0.2, 0.25) is 0 Å². The lowest BCUT2D eigenvalue weighted by atomic mass is 10.2. The van der Waals surface area contributed by atoms with Crippen molar-refractivity contribution in [3.8, 4) is 0 Å². The Kier molecular flexibility index (Phi) is 5.73. The SMILES string of the molecule is CCn1cc(Br)c(C(=O)N2CCN(Cc3ccccc3Br)CC2)n1. The van der Waals surface area contributed by atoms with Gasteiger partial charge in [-0.2, -0.15) is 5.10 Å². The number of rotatable bonds is 4. The Hall–Kier alpha value is -1.18. The summed E-state index contributed by atoms with van der Waals surface area (Å²) in [6.45, 7) is 6.87. The molecule has 1 fully saturated rings. The van der Waals surface area contributed by atoms with Crippen LogP contribution in [0.25, 0.3) is 0 Å². The molecule has 0 N–H and O–H groups in total. The standard InChI is InChI=1S/C17H20Br2N4O/c1-2-23-12-15(19)16(20-23)17(24)22-9-7-21(8-10-22)11-13-5-3-4-6-14(13)18/h3-6,12H,2,7-11H2,1H3. The Morgan fingerprint density at radius 2 is 1.83 bits per heavy atom. The molecule has 1 aliphatic heterocycles. The molecule has 0 spiro atoms. The van der Waals surface area contributed by atoms with E-state index in [1.165, 1.54) is 5.56 Å². The lowest BCUT2D eigenvalue weighted by Crippen LogP contribution is -2.48. The van der Waals surface area contributed by atoms with Crippen LogP contribution in [0.15, 0.2) is 39.4 Å². The molecule has 1 aromatic heterocycles. The van der Waals surface area contributed by atoms with Gasteiger partial charge < -0.3 is 4.90 Å². The molecule has 1 aliphatic rings. The number of aromatic nitrogens is 2. The number of hydrogen-bond donors (Lipinski definition) is 0. The van der Waals surface area contributed by atoms with E-state index in [1.54, 1.807) is 4.68 Å². The van der Waals surface area contributed by atoms with Gasteiger partial charge in [0.2, 0.25) is 0 Å². The minimum absolute atomic E-state index is 0.00890. The van der Waals surface area contributed by atoms with Crippen LogP contribution in [-0.4, -0.2) is 51.7 Å². The van der Waals surface area contributed by atoms with Crippen molar-refractivity contribution in [1.29, 1.82) is 0 Å². The van der Waals surface area contributed by atoms with Crippen LogP contribution in [0.3, 0.4) is 0 Å². The van der Waals surface area contributed by atoms with Gasteiger partial charge in [-0.15, -0.1) is 0 Å². The summed E-state index contributed by atoms with van der Waals surface area (Å²) in [5.41, 5.74) is 1.79. The normalized spacial score (nSPS) is 15.7. The number of benzene rings is 1. The Morgan fingerprint density at radius 3 is 2.46 bits per heavy atom. The molecule has 1 aromatic carbocycles. The molecule has 0 unspecified atom stereocenters. The number of carbonyl (C=O) groups excluding carboxylic acids is 1. The van der Waals surface area contributed by atoms with Gasteiger partial charge in [-0.3, -0.25) is 14.4 Å². The third kappa shape index (κ3) is 3.90. The molecule has 0 saturated carbocycles. The van der Waals surface area contributed by atoms with Crippen LogP contribution in [0.1, 0.15) is 23.0 Å². The lowest BCUT2D eigenvalue weighted by Gasteiger charge is -2.34. The second-order valence-electron chi connectivity index (χ2n) is 5.84. The second-order valence-corrected chi connectivity index (χ2v) is 7.55. The van der Waals surface area contributed by atoms with Gasteiger partial charge in [0.15, 0.2) is 5.69 Å². The maximum atomic E-state index is 12.7. The molecular weight excluding hydrogens is 436 g/mol. The predicted octanol–water partition coefficient (Wildman–Crippen LogP) is 3.39. The van der Waals surface area contributed by atoms with Crippen LogP contribution < -0.4 is 0 Å². The fourth-order valence-electron chi connectivity index (χ4n) is 2.83. The molecule has 7 heteroatoms. The van der Waals surface area contributed by atoms with Crippen molar-refractivity contribution in [3.63, 3.8) is 0 Å². The van der Waals surface area contributed by atoms with Gasteiger partial charge in [0.25, 0.3) is 5.91 Å². The summed E-state index contributed by atoms with van der Waals surface area (Å²) in [4.78, 5) is 16.9. The largest absolute Gasteiger partial charge is 0.335 e. The van der Waals surface area contributed by atoms with Gasteiger partial charge in [0.1, 0.15) is 0 Å². The first kappa shape index (κ1) is 17.6. The molecule has 0 bridgehead atoms. The first-order chi connectivity index (χ1) is 11.6. The van der Waals surface area contributed by atoms with E-state index in [1.807, 2.05) is 24.1 Å². The van der Waals surface area contributed by atoms with Crippen molar-refractivity contribution in [2.75, 3.05) is 26.2 Å². The van der Waals surface area contributed by atoms with Crippen LogP contribution in [-0.2, 0) is 13.1 Å². The minimum Gasteiger partial charge on any atom is -0.335 e. The number of nitrogens with zero attached hydrogens (tertiary/aromatic N) is 4. The van der Waals surface area contributed by atoms with Gasteiger partial charge in [-0.25, -0.2) is 0 Å². The predicted molar refractivity (Wildman–Crippen MR) is 101 cm³/mol. The summed E-state index contributed by atoms with van der Waals surface area (Å²) in [5.74, 6) is 0.00890. The van der Waals surface area contributed by atoms with E-state index in [-0.39, 0.29) is 5.91 Å². The molecule has 128 valence electrons. The molecule has 2 heterocycles. The molecule has 0 radical (unpaired) electrons. The fraction of sp³-hybridized carbons (Fsp3) is 0.412. The smallest absolute Gasteiger partial charge is 0.275 e. The Bertz CT molecular complexity index is 723. The molecule has 5 nitrogen and oxygen atoms in total. The van der Waals surface area contributed by atoms with Gasteiger partial charge in [0.05, 0.1) is 4.47 Å². The Morgan fingerprint density at radius 1 is 1.12 bits per heavy atom. The maximum Gasteiger partial charge on any atom is 0.275 e. The number of halogens is 2. The lowest BCUT2D eigenvalue weighted by molar-refractivity contribution is 0.0620. The fourth-order valence-corrected chi connectivity index (χ4v) is 3.73. The quantitative estimate of drug-likeness (QED) is 0.709. The van der Waals surface area contributed by atoms with Gasteiger partial charge in [0, 0.05) is 49.9 Å². The van der Waals surface area contributed by atoms with E-state index >= 15 is 0 Å². The molecule has 3 rings (SSSR count). The molecule has 24 heavy (non-hydrogen) atoms. The van der Waals surface area contributed by atoms with E-state index in [2.05, 4.69) is 60.1 Å². The number of aryl methyl sites for hydroxylation is 1. The maximum absolute atomic E-state index is 12.7. The van der Waals surface area contributed by atoms with Crippen LogP contribution in [0.5, 0.6) is 0 Å². The van der Waals surface area contributed by atoms with E-state index in [0.717, 1.165) is 48.2 Å². The van der Waals surface area contributed by atoms with Crippen molar-refractivity contribution in [2.24, 2.45) is 0 Å². The van der Waals surface area contributed by atoms with Crippen LogP contribution in [0.4, 0.5) is 0 Å². The summed E-state index contributed by atoms with van der Waals surface area (Å²) in [7, 11) is 0. The van der Waals surface area contributed by atoms with E-state index in [4.69, 9.17) is 0 Å². The molecule has 1 amide bonds. The number of piperazine rings is 1. The van der Waals surface area contributed by atoms with Gasteiger partial charge in [-0.05, 0) is 34.5 Å². The van der Waals surface area contributed by atoms with Crippen molar-refractivity contribution in [1.82, 2.24) is 19.6 Å². The summed E-state index contributed by atoms with van der Waals surface area (Å²) in [6.07, 6.45) is 1.86. The summed E-state index contributed by atoms with van der Waals surface area (Å²) in [6, 6.07) is 8.28. The highest BCUT2D eigenvalue weighted by Gasteiger charge is 2.25. The van der Waals surface area contributed by atoms with Gasteiger partial charge >= 0.3 is 0 Å². The van der Waals surface area contributed by atoms with Crippen molar-refractivity contribution in [2.45, 2.75) is 20.0 Å². The average molecular weight is 456 g/mol. The zero-order valence-corrected chi connectivity index (χ0v) is 16.8. The number of hydrogen-bond acceptors (Lipinski definition) is 3. The highest BCUT2D eigenvalue weighted by Crippen LogP contribution is 2.20. The third-order valence-electron chi connectivity index (χ3n) is 4.25. The first-order valence-corrected chi connectivity index (χ1v) is 9.65. The summed E-state index contributed by atoms with van der Waals surface area (Å²) in [5, 5.41) is 4.36. The number of carbonyl (C=O) groups is 1. The second kappa shape index (κ2) is 7.80. The van der Waals surface area contributed by atoms with E-state index in [0.29, 0.717) is 5.69 Å². The molecule has 0 aliphatic carbocycles. The topological polar surface area (TPSA) is 41.4 Å². The monoisotopic (exact) mass is 454 g/mol. The van der Waals surface area contributed by atoms with Crippen LogP contribution in [0, 0.1) is 0 Å². The van der Waals surface area contributed by atoms with Crippen molar-refractivity contribution < 1.29 is 4.79 Å². The van der Waals surface area contributed by atoms with Crippen LogP contribution >= 0.6 is 31.9 Å². The van der Waals surface area contributed by atoms with Crippen molar-refractivity contribution in [3.05, 3.63) is 50.7 Å². The summed E-state index contributed by atoms with van der Waals surface area (Å²) < 4.78 is 3.68. The number of amides is 1. The van der Waals surface area contributed by atoms with Crippen molar-refractivity contribution >= 4 is 37.8 Å². The Labute approximate surface area is 158 Å². The first-order valence-electron chi connectivity index (χ1n) is 8.06. The third-order valence-corrected chi connectivity index (χ3v) is 5.61. The molecule has 1 saturated heterocycles. The zero-order valence-electron chi connectivity index (χ0n) is 13.6. The van der Waals surface area contributed by atoms with E-state index in [9.17, 15) is 4.79 Å². The Balaban J connectivity index is 1.59. The molecule has 0 atom stereocenters. The average Bonchev–Trinajstić information content (AvgIpc) is 2.98. The minimum atomic E-state index is 0.00890. The highest BCUT2D eigenvalue weighted by molar-refractivity contribution is 9.10. The summed E-state index contributed by atoms with van der Waals surface area (Å²) >= 11 is 7.04. The zero-order chi connectivity index (χ0) is 17.1. The highest BCUT2D eigenvalue weighted by atomic mass is 79.9. The van der Waals surface area contributed by atoms with E-state index < -0.39 is 0 Å². The molecular formula is C17H20Br2N4O.